The van der Waals surface area contributed by atoms with Gasteiger partial charge >= 0.3 is 0 Å². The Kier molecular flexibility index (Phi) is 1.54. The third-order valence-corrected chi connectivity index (χ3v) is 2.09. The fourth-order valence-corrected chi connectivity index (χ4v) is 1.27. The second-order valence-corrected chi connectivity index (χ2v) is 2.93. The minimum absolute atomic E-state index is 0.761. The van der Waals surface area contributed by atoms with E-state index >= 15 is 0 Å². The molecule has 4 heteroatoms. The van der Waals surface area contributed by atoms with Gasteiger partial charge in [0.05, 0.1) is 0 Å². The Hall–Kier alpha value is -1.03. The first-order valence-electron chi connectivity index (χ1n) is 3.24. The predicted octanol–water partition coefficient (Wildman–Crippen LogP) is 1.45. The highest BCUT2D eigenvalue weighted by molar-refractivity contribution is 7.98. The number of thioether (sulfide) groups is 1. The van der Waals surface area contributed by atoms with Crippen LogP contribution in [0.25, 0.3) is 5.78 Å². The van der Waals surface area contributed by atoms with Gasteiger partial charge in [0, 0.05) is 18.6 Å². The van der Waals surface area contributed by atoms with Crippen LogP contribution in [-0.2, 0) is 0 Å². The van der Waals surface area contributed by atoms with Crippen LogP contribution in [0.4, 0.5) is 0 Å². The molecule has 0 atom stereocenters. The summed E-state index contributed by atoms with van der Waals surface area (Å²) in [5, 5.41) is 1.00. The molecule has 0 aliphatic rings. The Morgan fingerprint density at radius 3 is 3.18 bits per heavy atom. The van der Waals surface area contributed by atoms with E-state index in [2.05, 4.69) is 9.97 Å². The topological polar surface area (TPSA) is 30.2 Å². The first kappa shape index (κ1) is 6.67. The molecule has 0 unspecified atom stereocenters. The van der Waals surface area contributed by atoms with E-state index < -0.39 is 0 Å². The number of hydrogen-bond donors (Lipinski definition) is 0. The highest BCUT2D eigenvalue weighted by atomic mass is 32.2. The van der Waals surface area contributed by atoms with Crippen LogP contribution in [0.3, 0.4) is 0 Å². The molecule has 0 saturated carbocycles. The average molecular weight is 165 g/mol. The maximum Gasteiger partial charge on any atom is 0.234 e. The summed E-state index contributed by atoms with van der Waals surface area (Å²) in [6, 6.07) is 1.97. The Balaban J connectivity index is 2.67. The van der Waals surface area contributed by atoms with Crippen LogP contribution in [0.5, 0.6) is 0 Å². The lowest BCUT2D eigenvalue weighted by atomic mass is 10.7. The molecule has 2 heterocycles. The molecule has 11 heavy (non-hydrogen) atoms. The van der Waals surface area contributed by atoms with Crippen LogP contribution in [0, 0.1) is 0 Å². The number of nitrogens with zero attached hydrogens (tertiary/aromatic N) is 3. The van der Waals surface area contributed by atoms with Crippen LogP contribution in [0.2, 0.25) is 0 Å². The third-order valence-electron chi connectivity index (χ3n) is 1.45. The fourth-order valence-electron chi connectivity index (χ4n) is 0.902. The highest BCUT2D eigenvalue weighted by Crippen LogP contribution is 2.10. The lowest BCUT2D eigenvalue weighted by Gasteiger charge is -1.94. The molecule has 0 radical (unpaired) electrons. The van der Waals surface area contributed by atoms with E-state index in [0.29, 0.717) is 0 Å². The van der Waals surface area contributed by atoms with Crippen molar-refractivity contribution in [2.24, 2.45) is 0 Å². The second kappa shape index (κ2) is 2.54. The molecule has 0 spiro atoms. The zero-order chi connectivity index (χ0) is 7.68. The average Bonchev–Trinajstić information content (AvgIpc) is 2.50. The molecule has 0 aliphatic heterocycles. The van der Waals surface area contributed by atoms with Crippen LogP contribution in [-0.4, -0.2) is 20.6 Å². The molecule has 0 aliphatic carbocycles. The van der Waals surface area contributed by atoms with Gasteiger partial charge in [0.15, 0.2) is 0 Å². The van der Waals surface area contributed by atoms with Crippen molar-refractivity contribution < 1.29 is 0 Å². The first-order valence-corrected chi connectivity index (χ1v) is 4.46. The van der Waals surface area contributed by atoms with E-state index in [1.165, 1.54) is 0 Å². The van der Waals surface area contributed by atoms with Crippen molar-refractivity contribution in [2.45, 2.75) is 5.03 Å². The molecule has 0 N–H and O–H groups in total. The zero-order valence-corrected chi connectivity index (χ0v) is 6.88. The van der Waals surface area contributed by atoms with Crippen molar-refractivity contribution in [3.05, 3.63) is 24.7 Å². The Morgan fingerprint density at radius 1 is 1.45 bits per heavy atom. The largest absolute Gasteiger partial charge is 0.291 e. The van der Waals surface area contributed by atoms with Crippen LogP contribution < -0.4 is 0 Å². The lowest BCUT2D eigenvalue weighted by Crippen LogP contribution is -1.87. The summed E-state index contributed by atoms with van der Waals surface area (Å²) in [6.07, 6.45) is 7.59. The summed E-state index contributed by atoms with van der Waals surface area (Å²) in [7, 11) is 0. The third kappa shape index (κ3) is 1.09. The summed E-state index contributed by atoms with van der Waals surface area (Å²) in [6.45, 7) is 0. The van der Waals surface area contributed by atoms with Gasteiger partial charge in [-0.3, -0.25) is 4.40 Å². The van der Waals surface area contributed by atoms with Gasteiger partial charge in [-0.05, 0) is 12.3 Å². The molecule has 0 amide bonds. The number of rotatable bonds is 1. The van der Waals surface area contributed by atoms with E-state index in [4.69, 9.17) is 0 Å². The molecule has 56 valence electrons. The summed E-state index contributed by atoms with van der Waals surface area (Å²) in [4.78, 5) is 8.33. The Labute approximate surface area is 68.5 Å². The van der Waals surface area contributed by atoms with Crippen LogP contribution >= 0.6 is 11.8 Å². The quantitative estimate of drug-likeness (QED) is 0.473. The molecule has 0 bridgehead atoms. The van der Waals surface area contributed by atoms with E-state index in [0.717, 1.165) is 10.8 Å². The SMILES string of the molecule is CSc1ccn2ccnc2n1. The van der Waals surface area contributed by atoms with E-state index in [-0.39, 0.29) is 0 Å². The fraction of sp³-hybridized carbons (Fsp3) is 0.143. The standard InChI is InChI=1S/C7H7N3S/c1-11-6-2-4-10-5-3-8-7(10)9-6/h2-5H,1H3. The van der Waals surface area contributed by atoms with Crippen LogP contribution in [0.15, 0.2) is 29.7 Å². The zero-order valence-electron chi connectivity index (χ0n) is 6.06. The van der Waals surface area contributed by atoms with Crippen molar-refractivity contribution in [1.29, 1.82) is 0 Å². The van der Waals surface area contributed by atoms with Crippen molar-refractivity contribution >= 4 is 17.5 Å². The summed E-state index contributed by atoms with van der Waals surface area (Å²) in [5.41, 5.74) is 0. The van der Waals surface area contributed by atoms with Gasteiger partial charge in [-0.2, -0.15) is 0 Å². The van der Waals surface area contributed by atoms with Crippen molar-refractivity contribution in [1.82, 2.24) is 14.4 Å². The molecule has 3 nitrogen and oxygen atoms in total. The lowest BCUT2D eigenvalue weighted by molar-refractivity contribution is 1.03. The van der Waals surface area contributed by atoms with Crippen molar-refractivity contribution in [2.75, 3.05) is 6.26 Å². The molecule has 2 rings (SSSR count). The molecular weight excluding hydrogens is 158 g/mol. The van der Waals surface area contributed by atoms with Crippen molar-refractivity contribution in [3.63, 3.8) is 0 Å². The molecule has 0 aromatic carbocycles. The maximum atomic E-state index is 4.27. The number of fused-ring (bicyclic) bond motifs is 1. The monoisotopic (exact) mass is 165 g/mol. The van der Waals surface area contributed by atoms with Gasteiger partial charge in [-0.25, -0.2) is 9.97 Å². The Morgan fingerprint density at radius 2 is 2.36 bits per heavy atom. The molecule has 0 fully saturated rings. The Bertz CT molecular complexity index is 368. The highest BCUT2D eigenvalue weighted by Gasteiger charge is 1.95. The number of imidazole rings is 1. The summed E-state index contributed by atoms with van der Waals surface area (Å²) >= 11 is 1.62. The van der Waals surface area contributed by atoms with Gasteiger partial charge in [0.2, 0.25) is 5.78 Å². The van der Waals surface area contributed by atoms with Gasteiger partial charge in [-0.15, -0.1) is 11.8 Å². The normalized spacial score (nSPS) is 10.6. The number of hydrogen-bond acceptors (Lipinski definition) is 3. The summed E-state index contributed by atoms with van der Waals surface area (Å²) < 4.78 is 1.89. The van der Waals surface area contributed by atoms with Crippen LogP contribution in [0.1, 0.15) is 0 Å². The van der Waals surface area contributed by atoms with Crippen molar-refractivity contribution in [3.8, 4) is 0 Å². The van der Waals surface area contributed by atoms with E-state index in [1.54, 1.807) is 18.0 Å². The second-order valence-electron chi connectivity index (χ2n) is 2.10. The minimum Gasteiger partial charge on any atom is -0.291 e. The molecule has 0 saturated heterocycles. The first-order chi connectivity index (χ1) is 5.40. The molecular formula is C7H7N3S. The van der Waals surface area contributed by atoms with Gasteiger partial charge in [0.25, 0.3) is 0 Å². The predicted molar refractivity (Wildman–Crippen MR) is 44.8 cm³/mol. The smallest absolute Gasteiger partial charge is 0.234 e. The van der Waals surface area contributed by atoms with E-state index in [9.17, 15) is 0 Å². The maximum absolute atomic E-state index is 4.27. The van der Waals surface area contributed by atoms with E-state index in [1.807, 2.05) is 29.1 Å². The molecule has 2 aromatic rings. The van der Waals surface area contributed by atoms with Gasteiger partial charge < -0.3 is 0 Å². The minimum atomic E-state index is 0.761. The summed E-state index contributed by atoms with van der Waals surface area (Å²) in [5.74, 6) is 0.761. The molecule has 2 aromatic heterocycles. The van der Waals surface area contributed by atoms with Gasteiger partial charge in [-0.1, -0.05) is 0 Å². The number of aromatic nitrogens is 3. The van der Waals surface area contributed by atoms with Gasteiger partial charge in [0.1, 0.15) is 5.03 Å².